The van der Waals surface area contributed by atoms with Gasteiger partial charge in [-0.3, -0.25) is 4.99 Å². The van der Waals surface area contributed by atoms with E-state index in [1.165, 1.54) is 0 Å². The van der Waals surface area contributed by atoms with Crippen molar-refractivity contribution in [2.45, 2.75) is 19.6 Å². The SMILES string of the molecule is CN=C(NCCCOCc1ccco1)NCc1ccc(OC)c(OC)c1.I. The van der Waals surface area contributed by atoms with E-state index in [2.05, 4.69) is 15.6 Å². The summed E-state index contributed by atoms with van der Waals surface area (Å²) in [5.41, 5.74) is 1.08. The van der Waals surface area contributed by atoms with Crippen LogP contribution >= 0.6 is 24.0 Å². The third-order valence-electron chi connectivity index (χ3n) is 3.71. The summed E-state index contributed by atoms with van der Waals surface area (Å²) in [6.07, 6.45) is 2.52. The molecule has 0 aliphatic heterocycles. The summed E-state index contributed by atoms with van der Waals surface area (Å²) in [4.78, 5) is 4.22. The van der Waals surface area contributed by atoms with Gasteiger partial charge >= 0.3 is 0 Å². The van der Waals surface area contributed by atoms with Crippen molar-refractivity contribution >= 4 is 29.9 Å². The Hall–Kier alpha value is -1.94. The fourth-order valence-electron chi connectivity index (χ4n) is 2.35. The second kappa shape index (κ2) is 13.3. The zero-order valence-corrected chi connectivity index (χ0v) is 18.3. The maximum absolute atomic E-state index is 5.55. The summed E-state index contributed by atoms with van der Waals surface area (Å²) in [6.45, 7) is 2.55. The van der Waals surface area contributed by atoms with Crippen LogP contribution in [0.3, 0.4) is 0 Å². The summed E-state index contributed by atoms with van der Waals surface area (Å²) >= 11 is 0. The number of hydrogen-bond donors (Lipinski definition) is 2. The molecule has 0 bridgehead atoms. The molecular weight excluding hydrogens is 461 g/mol. The van der Waals surface area contributed by atoms with Crippen LogP contribution in [0.15, 0.2) is 46.0 Å². The number of methoxy groups -OCH3 is 2. The van der Waals surface area contributed by atoms with Gasteiger partial charge in [0.1, 0.15) is 12.4 Å². The predicted molar refractivity (Wildman–Crippen MR) is 116 cm³/mol. The Morgan fingerprint density at radius 2 is 1.93 bits per heavy atom. The Bertz CT molecular complexity index is 678. The summed E-state index contributed by atoms with van der Waals surface area (Å²) in [7, 11) is 5.00. The third-order valence-corrected chi connectivity index (χ3v) is 3.71. The number of halogens is 1. The molecule has 27 heavy (non-hydrogen) atoms. The Morgan fingerprint density at radius 3 is 2.59 bits per heavy atom. The average Bonchev–Trinajstić information content (AvgIpc) is 3.20. The molecule has 0 spiro atoms. The van der Waals surface area contributed by atoms with Gasteiger partial charge in [-0.15, -0.1) is 24.0 Å². The van der Waals surface area contributed by atoms with Crippen LogP contribution in [0, 0.1) is 0 Å². The molecular formula is C19H28IN3O4. The van der Waals surface area contributed by atoms with Gasteiger partial charge in [0.15, 0.2) is 17.5 Å². The van der Waals surface area contributed by atoms with Gasteiger partial charge in [-0.1, -0.05) is 6.07 Å². The van der Waals surface area contributed by atoms with E-state index in [1.54, 1.807) is 27.5 Å². The standard InChI is InChI=1S/C19H27N3O4.HI/c1-20-19(21-9-5-10-25-14-16-6-4-11-26-16)22-13-15-7-8-17(23-2)18(12-15)24-3;/h4,6-8,11-12H,5,9-10,13-14H2,1-3H3,(H2,20,21,22);1H. The Morgan fingerprint density at radius 1 is 1.11 bits per heavy atom. The van der Waals surface area contributed by atoms with Gasteiger partial charge in [0.05, 0.1) is 20.5 Å². The van der Waals surface area contributed by atoms with Crippen LogP contribution in [0.5, 0.6) is 11.5 Å². The van der Waals surface area contributed by atoms with Crippen molar-refractivity contribution in [3.63, 3.8) is 0 Å². The molecule has 0 unspecified atom stereocenters. The van der Waals surface area contributed by atoms with Gasteiger partial charge in [-0.25, -0.2) is 0 Å². The molecule has 1 heterocycles. The topological polar surface area (TPSA) is 77.3 Å². The smallest absolute Gasteiger partial charge is 0.191 e. The van der Waals surface area contributed by atoms with Crippen molar-refractivity contribution in [3.05, 3.63) is 47.9 Å². The number of furan rings is 1. The van der Waals surface area contributed by atoms with Gasteiger partial charge in [0.25, 0.3) is 0 Å². The van der Waals surface area contributed by atoms with Gasteiger partial charge in [-0.05, 0) is 36.2 Å². The molecule has 1 aromatic heterocycles. The van der Waals surface area contributed by atoms with Crippen LogP contribution in [-0.4, -0.2) is 40.4 Å². The van der Waals surface area contributed by atoms with Crippen molar-refractivity contribution in [3.8, 4) is 11.5 Å². The number of rotatable bonds is 10. The van der Waals surface area contributed by atoms with Gasteiger partial charge in [0, 0.05) is 26.7 Å². The predicted octanol–water partition coefficient (Wildman–Crippen LogP) is 3.19. The normalized spacial score (nSPS) is 10.9. The molecule has 7 nitrogen and oxygen atoms in total. The molecule has 0 radical (unpaired) electrons. The molecule has 0 fully saturated rings. The first kappa shape index (κ1) is 23.1. The lowest BCUT2D eigenvalue weighted by atomic mass is 10.2. The van der Waals surface area contributed by atoms with Gasteiger partial charge in [-0.2, -0.15) is 0 Å². The minimum Gasteiger partial charge on any atom is -0.493 e. The van der Waals surface area contributed by atoms with Crippen LogP contribution in [0.1, 0.15) is 17.7 Å². The summed E-state index contributed by atoms with van der Waals surface area (Å²) in [5, 5.41) is 6.54. The highest BCUT2D eigenvalue weighted by Gasteiger charge is 2.05. The molecule has 150 valence electrons. The molecule has 0 amide bonds. The van der Waals surface area contributed by atoms with Crippen molar-refractivity contribution in [1.82, 2.24) is 10.6 Å². The fourth-order valence-corrected chi connectivity index (χ4v) is 2.35. The van der Waals surface area contributed by atoms with E-state index < -0.39 is 0 Å². The summed E-state index contributed by atoms with van der Waals surface area (Å²) in [5.74, 6) is 3.01. The van der Waals surface area contributed by atoms with Crippen LogP contribution in [0.25, 0.3) is 0 Å². The molecule has 0 saturated carbocycles. The van der Waals surface area contributed by atoms with Gasteiger partial charge in [0.2, 0.25) is 0 Å². The number of nitrogens with zero attached hydrogens (tertiary/aromatic N) is 1. The van der Waals surface area contributed by atoms with Crippen molar-refractivity contribution in [1.29, 1.82) is 0 Å². The van der Waals surface area contributed by atoms with Crippen LogP contribution in [0.2, 0.25) is 0 Å². The van der Waals surface area contributed by atoms with E-state index in [0.717, 1.165) is 30.2 Å². The first-order valence-corrected chi connectivity index (χ1v) is 8.52. The van der Waals surface area contributed by atoms with E-state index >= 15 is 0 Å². The maximum Gasteiger partial charge on any atom is 0.191 e. The van der Waals surface area contributed by atoms with E-state index in [9.17, 15) is 0 Å². The van der Waals surface area contributed by atoms with Crippen molar-refractivity contribution in [2.75, 3.05) is 34.4 Å². The molecule has 0 aliphatic rings. The Labute approximate surface area is 177 Å². The van der Waals surface area contributed by atoms with Crippen LogP contribution < -0.4 is 20.1 Å². The molecule has 0 aliphatic carbocycles. The van der Waals surface area contributed by atoms with E-state index in [4.69, 9.17) is 18.6 Å². The largest absolute Gasteiger partial charge is 0.493 e. The number of guanidine groups is 1. The number of aliphatic imine (C=N–C) groups is 1. The molecule has 1 aromatic carbocycles. The lowest BCUT2D eigenvalue weighted by Gasteiger charge is -2.13. The molecule has 8 heteroatoms. The highest BCUT2D eigenvalue weighted by atomic mass is 127. The minimum absolute atomic E-state index is 0. The number of ether oxygens (including phenoxy) is 3. The van der Waals surface area contributed by atoms with Crippen molar-refractivity contribution < 1.29 is 18.6 Å². The number of nitrogens with one attached hydrogen (secondary N) is 2. The van der Waals surface area contributed by atoms with E-state index in [-0.39, 0.29) is 24.0 Å². The molecule has 2 N–H and O–H groups in total. The highest BCUT2D eigenvalue weighted by molar-refractivity contribution is 14.0. The van der Waals surface area contributed by atoms with E-state index in [1.807, 2.05) is 30.3 Å². The van der Waals surface area contributed by atoms with E-state index in [0.29, 0.717) is 31.3 Å². The van der Waals surface area contributed by atoms with Crippen molar-refractivity contribution in [2.24, 2.45) is 4.99 Å². The monoisotopic (exact) mass is 489 g/mol. The molecule has 2 rings (SSSR count). The van der Waals surface area contributed by atoms with Crippen LogP contribution in [-0.2, 0) is 17.9 Å². The maximum atomic E-state index is 5.55. The lowest BCUT2D eigenvalue weighted by Crippen LogP contribution is -2.37. The zero-order chi connectivity index (χ0) is 18.6. The minimum atomic E-state index is 0. The third kappa shape index (κ3) is 8.08. The zero-order valence-electron chi connectivity index (χ0n) is 16.0. The first-order chi connectivity index (χ1) is 12.8. The average molecular weight is 489 g/mol. The van der Waals surface area contributed by atoms with Crippen LogP contribution in [0.4, 0.5) is 0 Å². The Balaban J connectivity index is 0.00000364. The summed E-state index contributed by atoms with van der Waals surface area (Å²) in [6, 6.07) is 9.58. The number of hydrogen-bond acceptors (Lipinski definition) is 5. The Kier molecular flexibility index (Phi) is 11.3. The second-order valence-corrected chi connectivity index (χ2v) is 5.53. The number of benzene rings is 1. The molecule has 0 atom stereocenters. The molecule has 2 aromatic rings. The summed E-state index contributed by atoms with van der Waals surface area (Å²) < 4.78 is 21.3. The highest BCUT2D eigenvalue weighted by Crippen LogP contribution is 2.27. The lowest BCUT2D eigenvalue weighted by molar-refractivity contribution is 0.105. The first-order valence-electron chi connectivity index (χ1n) is 8.52. The fraction of sp³-hybridized carbons (Fsp3) is 0.421. The quantitative estimate of drug-likeness (QED) is 0.231. The van der Waals surface area contributed by atoms with Gasteiger partial charge < -0.3 is 29.3 Å². The second-order valence-electron chi connectivity index (χ2n) is 5.53. The molecule has 0 saturated heterocycles.